The molecule has 0 aliphatic carbocycles. The summed E-state index contributed by atoms with van der Waals surface area (Å²) in [6.45, 7) is 0.319. The van der Waals surface area contributed by atoms with Crippen LogP contribution in [0.2, 0.25) is 0 Å². The molecule has 5 rings (SSSR count). The molecule has 0 aliphatic heterocycles. The Kier molecular flexibility index (Phi) is 3.95. The van der Waals surface area contributed by atoms with Gasteiger partial charge in [-0.1, -0.05) is 42.5 Å². The number of thiophene rings is 1. The summed E-state index contributed by atoms with van der Waals surface area (Å²) < 4.78 is 17.5. The van der Waals surface area contributed by atoms with Crippen molar-refractivity contribution >= 4 is 22.1 Å². The number of nitrogens with zero attached hydrogens (tertiary/aromatic N) is 2. The van der Waals surface area contributed by atoms with Crippen molar-refractivity contribution in [2.24, 2.45) is 0 Å². The van der Waals surface area contributed by atoms with Crippen molar-refractivity contribution in [3.8, 4) is 28.2 Å². The molecule has 2 aromatic carbocycles. The van der Waals surface area contributed by atoms with Crippen LogP contribution in [0.4, 0.5) is 0 Å². The first-order valence-electron chi connectivity index (χ1n) is 8.44. The van der Waals surface area contributed by atoms with Gasteiger partial charge in [0, 0.05) is 5.39 Å². The van der Waals surface area contributed by atoms with Gasteiger partial charge >= 0.3 is 0 Å². The van der Waals surface area contributed by atoms with Gasteiger partial charge in [-0.3, -0.25) is 0 Å². The lowest BCUT2D eigenvalue weighted by Crippen LogP contribution is -1.94. The third kappa shape index (κ3) is 3.11. The largest absolute Gasteiger partial charge is 0.485 e. The Bertz CT molecular complexity index is 1190. The van der Waals surface area contributed by atoms with Crippen molar-refractivity contribution in [3.05, 3.63) is 77.9 Å². The highest BCUT2D eigenvalue weighted by Gasteiger charge is 2.15. The summed E-state index contributed by atoms with van der Waals surface area (Å²) >= 11 is 1.55. The molecule has 5 aromatic rings. The van der Waals surface area contributed by atoms with Crippen LogP contribution >= 0.6 is 11.3 Å². The summed E-state index contributed by atoms with van der Waals surface area (Å²) in [5, 5.41) is 12.3. The molecule has 5 nitrogen and oxygen atoms in total. The summed E-state index contributed by atoms with van der Waals surface area (Å²) in [4.78, 5) is 0.930. The molecule has 132 valence electrons. The molecule has 3 heterocycles. The van der Waals surface area contributed by atoms with Gasteiger partial charge in [0.15, 0.2) is 5.76 Å². The maximum Gasteiger partial charge on any atom is 0.283 e. The Hall–Kier alpha value is -3.38. The normalized spacial score (nSPS) is 11.1. The van der Waals surface area contributed by atoms with Crippen molar-refractivity contribution in [1.29, 1.82) is 0 Å². The first-order valence-corrected chi connectivity index (χ1v) is 9.32. The van der Waals surface area contributed by atoms with Crippen LogP contribution in [-0.4, -0.2) is 10.2 Å². The molecule has 0 N–H and O–H groups in total. The molecule has 0 fully saturated rings. The smallest absolute Gasteiger partial charge is 0.283 e. The number of fused-ring (bicyclic) bond motifs is 1. The van der Waals surface area contributed by atoms with Crippen molar-refractivity contribution in [2.45, 2.75) is 6.61 Å². The van der Waals surface area contributed by atoms with E-state index in [1.807, 2.05) is 60.0 Å². The predicted molar refractivity (Wildman–Crippen MR) is 104 cm³/mol. The van der Waals surface area contributed by atoms with E-state index in [-0.39, 0.29) is 0 Å². The molecule has 3 aromatic heterocycles. The highest BCUT2D eigenvalue weighted by Crippen LogP contribution is 2.29. The second kappa shape index (κ2) is 6.74. The Morgan fingerprint density at radius 1 is 0.815 bits per heavy atom. The summed E-state index contributed by atoms with van der Waals surface area (Å²) in [6, 6.07) is 21.7. The molecular formula is C21H14N2O3S. The molecule has 0 saturated heterocycles. The highest BCUT2D eigenvalue weighted by atomic mass is 32.1. The van der Waals surface area contributed by atoms with Crippen LogP contribution in [0, 0.1) is 0 Å². The third-order valence-electron chi connectivity index (χ3n) is 4.15. The maximum atomic E-state index is 5.96. The molecule has 0 saturated carbocycles. The Balaban J connectivity index is 1.34. The van der Waals surface area contributed by atoms with Crippen LogP contribution in [0.5, 0.6) is 5.75 Å². The lowest BCUT2D eigenvalue weighted by molar-refractivity contribution is 0.274. The number of hydrogen-bond donors (Lipinski definition) is 0. The second-order valence-corrected chi connectivity index (χ2v) is 6.87. The Morgan fingerprint density at radius 2 is 1.70 bits per heavy atom. The fourth-order valence-electron chi connectivity index (χ4n) is 2.86. The number of aromatic nitrogens is 2. The third-order valence-corrected chi connectivity index (χ3v) is 5.01. The van der Waals surface area contributed by atoms with Crippen LogP contribution in [0.15, 0.2) is 80.9 Å². The first kappa shape index (κ1) is 15.8. The molecule has 0 spiro atoms. The lowest BCUT2D eigenvalue weighted by atomic mass is 10.1. The van der Waals surface area contributed by atoms with Crippen LogP contribution in [0.3, 0.4) is 0 Å². The van der Waals surface area contributed by atoms with Gasteiger partial charge in [-0.05, 0) is 35.0 Å². The molecule has 0 amide bonds. The summed E-state index contributed by atoms with van der Waals surface area (Å²) in [5.41, 5.74) is 0. The fourth-order valence-corrected chi connectivity index (χ4v) is 3.51. The van der Waals surface area contributed by atoms with Crippen LogP contribution < -0.4 is 4.74 Å². The summed E-state index contributed by atoms with van der Waals surface area (Å²) in [7, 11) is 0. The second-order valence-electron chi connectivity index (χ2n) is 5.92. The van der Waals surface area contributed by atoms with E-state index in [2.05, 4.69) is 22.3 Å². The van der Waals surface area contributed by atoms with Crippen LogP contribution in [-0.2, 0) is 6.61 Å². The standard InChI is InChI=1S/C21H14N2O3S/c1-2-7-16-14(5-1)6-3-8-17(16)24-13-15-10-11-18(25-15)20-22-23-21(26-20)19-9-4-12-27-19/h1-12H,13H2. The minimum atomic E-state index is 0.319. The number of furan rings is 1. The number of benzene rings is 2. The molecule has 27 heavy (non-hydrogen) atoms. The van der Waals surface area contributed by atoms with Gasteiger partial charge in [0.1, 0.15) is 18.1 Å². The van der Waals surface area contributed by atoms with Crippen LogP contribution in [0.25, 0.3) is 33.2 Å². The van der Waals surface area contributed by atoms with Gasteiger partial charge < -0.3 is 13.6 Å². The fraction of sp³-hybridized carbons (Fsp3) is 0.0476. The van der Waals surface area contributed by atoms with Gasteiger partial charge in [-0.25, -0.2) is 0 Å². The van der Waals surface area contributed by atoms with E-state index in [0.717, 1.165) is 21.4 Å². The van der Waals surface area contributed by atoms with E-state index < -0.39 is 0 Å². The van der Waals surface area contributed by atoms with E-state index in [9.17, 15) is 0 Å². The van der Waals surface area contributed by atoms with E-state index in [1.165, 1.54) is 0 Å². The van der Waals surface area contributed by atoms with Crippen molar-refractivity contribution in [3.63, 3.8) is 0 Å². The molecule has 0 aliphatic rings. The number of rotatable bonds is 5. The average Bonchev–Trinajstić information content (AvgIpc) is 3.47. The molecule has 6 heteroatoms. The Morgan fingerprint density at radius 3 is 2.63 bits per heavy atom. The minimum absolute atomic E-state index is 0.319. The average molecular weight is 374 g/mol. The Labute approximate surface area is 158 Å². The van der Waals surface area contributed by atoms with E-state index in [1.54, 1.807) is 11.3 Å². The predicted octanol–water partition coefficient (Wildman–Crippen LogP) is 5.79. The van der Waals surface area contributed by atoms with Gasteiger partial charge in [-0.2, -0.15) is 0 Å². The van der Waals surface area contributed by atoms with Crippen molar-refractivity contribution < 1.29 is 13.6 Å². The zero-order chi connectivity index (χ0) is 18.1. The topological polar surface area (TPSA) is 61.3 Å². The maximum absolute atomic E-state index is 5.96. The monoisotopic (exact) mass is 374 g/mol. The molecule has 0 atom stereocenters. The van der Waals surface area contributed by atoms with E-state index >= 15 is 0 Å². The van der Waals surface area contributed by atoms with Gasteiger partial charge in [0.25, 0.3) is 11.8 Å². The minimum Gasteiger partial charge on any atom is -0.485 e. The van der Waals surface area contributed by atoms with E-state index in [0.29, 0.717) is 29.9 Å². The first-order chi connectivity index (χ1) is 13.4. The zero-order valence-corrected chi connectivity index (χ0v) is 15.0. The number of ether oxygens (including phenoxy) is 1. The zero-order valence-electron chi connectivity index (χ0n) is 14.2. The van der Waals surface area contributed by atoms with Crippen molar-refractivity contribution in [1.82, 2.24) is 10.2 Å². The molecule has 0 radical (unpaired) electrons. The van der Waals surface area contributed by atoms with Gasteiger partial charge in [-0.15, -0.1) is 21.5 Å². The molecular weight excluding hydrogens is 360 g/mol. The number of hydrogen-bond acceptors (Lipinski definition) is 6. The highest BCUT2D eigenvalue weighted by molar-refractivity contribution is 7.13. The summed E-state index contributed by atoms with van der Waals surface area (Å²) in [6.07, 6.45) is 0. The molecule has 0 bridgehead atoms. The van der Waals surface area contributed by atoms with E-state index in [4.69, 9.17) is 13.6 Å². The molecule has 0 unspecified atom stereocenters. The quantitative estimate of drug-likeness (QED) is 0.390. The van der Waals surface area contributed by atoms with Gasteiger partial charge in [0.2, 0.25) is 0 Å². The van der Waals surface area contributed by atoms with Gasteiger partial charge in [0.05, 0.1) is 4.88 Å². The summed E-state index contributed by atoms with van der Waals surface area (Å²) in [5.74, 6) is 2.89. The van der Waals surface area contributed by atoms with Crippen LogP contribution in [0.1, 0.15) is 5.76 Å². The van der Waals surface area contributed by atoms with Crippen molar-refractivity contribution in [2.75, 3.05) is 0 Å². The SMILES string of the molecule is c1csc(-c2nnc(-c3ccc(COc4cccc5ccccc45)o3)o2)c1. The lowest BCUT2D eigenvalue weighted by Gasteiger charge is -2.07.